The van der Waals surface area contributed by atoms with Gasteiger partial charge in [0.25, 0.3) is 11.8 Å². The van der Waals surface area contributed by atoms with Gasteiger partial charge < -0.3 is 10.1 Å². The summed E-state index contributed by atoms with van der Waals surface area (Å²) in [5.74, 6) is -0.116. The Balaban J connectivity index is 1.78. The first-order chi connectivity index (χ1) is 15.9. The minimum Gasteiger partial charge on any atom is -0.494 e. The molecule has 0 atom stereocenters. The molecular formula is C28H28N2O3. The molecule has 2 amide bonds. The summed E-state index contributed by atoms with van der Waals surface area (Å²) < 4.78 is 5.72. The molecule has 5 nitrogen and oxygen atoms in total. The lowest BCUT2D eigenvalue weighted by Gasteiger charge is -2.17. The number of amides is 2. The van der Waals surface area contributed by atoms with E-state index in [1.54, 1.807) is 18.2 Å². The van der Waals surface area contributed by atoms with Crippen molar-refractivity contribution < 1.29 is 14.3 Å². The van der Waals surface area contributed by atoms with Crippen LogP contribution in [0.1, 0.15) is 35.6 Å². The average Bonchev–Trinajstić information content (AvgIpc) is 3.05. The summed E-state index contributed by atoms with van der Waals surface area (Å²) >= 11 is 0. The monoisotopic (exact) mass is 440 g/mol. The van der Waals surface area contributed by atoms with Gasteiger partial charge in [-0.05, 0) is 68.1 Å². The highest BCUT2D eigenvalue weighted by atomic mass is 16.5. The van der Waals surface area contributed by atoms with Crippen molar-refractivity contribution in [1.82, 2.24) is 0 Å². The number of hydrogen-bond donors (Lipinski definition) is 1. The molecular weight excluding hydrogens is 412 g/mol. The summed E-state index contributed by atoms with van der Waals surface area (Å²) in [6, 6.07) is 20.7. The van der Waals surface area contributed by atoms with Gasteiger partial charge in [-0.1, -0.05) is 48.9 Å². The molecule has 0 saturated carbocycles. The van der Waals surface area contributed by atoms with Crippen LogP contribution >= 0.6 is 0 Å². The summed E-state index contributed by atoms with van der Waals surface area (Å²) in [5.41, 5.74) is 5.89. The Morgan fingerprint density at radius 3 is 2.30 bits per heavy atom. The molecule has 0 spiro atoms. The van der Waals surface area contributed by atoms with Crippen molar-refractivity contribution in [2.45, 2.75) is 34.1 Å². The number of imide groups is 1. The van der Waals surface area contributed by atoms with Gasteiger partial charge in [0, 0.05) is 11.8 Å². The van der Waals surface area contributed by atoms with Crippen molar-refractivity contribution in [3.8, 4) is 5.75 Å². The summed E-state index contributed by atoms with van der Waals surface area (Å²) in [6.45, 7) is 8.62. The van der Waals surface area contributed by atoms with Crippen LogP contribution in [-0.2, 0) is 9.59 Å². The van der Waals surface area contributed by atoms with Crippen molar-refractivity contribution in [2.24, 2.45) is 0 Å². The lowest BCUT2D eigenvalue weighted by molar-refractivity contribution is -0.120. The third kappa shape index (κ3) is 4.53. The molecule has 3 aromatic carbocycles. The molecule has 1 aliphatic heterocycles. The number of carbonyl (C=O) groups excluding carboxylic acids is 2. The lowest BCUT2D eigenvalue weighted by atomic mass is 9.99. The van der Waals surface area contributed by atoms with Crippen molar-refractivity contribution in [3.63, 3.8) is 0 Å². The van der Waals surface area contributed by atoms with Crippen LogP contribution in [0.5, 0.6) is 5.75 Å². The van der Waals surface area contributed by atoms with E-state index in [9.17, 15) is 9.59 Å². The molecule has 4 rings (SSSR count). The van der Waals surface area contributed by atoms with Crippen LogP contribution in [0.4, 0.5) is 11.4 Å². The Morgan fingerprint density at radius 2 is 1.61 bits per heavy atom. The van der Waals surface area contributed by atoms with E-state index in [-0.39, 0.29) is 17.5 Å². The Labute approximate surface area is 194 Å². The normalized spacial score (nSPS) is 13.6. The molecule has 0 saturated heterocycles. The van der Waals surface area contributed by atoms with Crippen LogP contribution < -0.4 is 15.0 Å². The SMILES string of the molecule is CCCOc1cccc(N2C(=O)C(Nc3ccc(C)cc3)=C(c3ccc(C)c(C)c3)C2=O)c1. The molecule has 168 valence electrons. The molecule has 0 aliphatic carbocycles. The van der Waals surface area contributed by atoms with Crippen LogP contribution in [0.2, 0.25) is 0 Å². The second-order valence-electron chi connectivity index (χ2n) is 8.33. The van der Waals surface area contributed by atoms with Crippen molar-refractivity contribution >= 4 is 28.8 Å². The van der Waals surface area contributed by atoms with Gasteiger partial charge in [0.1, 0.15) is 11.4 Å². The first-order valence-corrected chi connectivity index (χ1v) is 11.2. The van der Waals surface area contributed by atoms with Crippen LogP contribution in [0.25, 0.3) is 5.57 Å². The quantitative estimate of drug-likeness (QED) is 0.472. The number of hydrogen-bond acceptors (Lipinski definition) is 4. The maximum atomic E-state index is 13.7. The van der Waals surface area contributed by atoms with Gasteiger partial charge in [-0.3, -0.25) is 9.59 Å². The number of aryl methyl sites for hydroxylation is 3. The Kier molecular flexibility index (Phi) is 6.31. The topological polar surface area (TPSA) is 58.6 Å². The fraction of sp³-hybridized carbons (Fsp3) is 0.214. The van der Waals surface area contributed by atoms with Crippen LogP contribution in [0, 0.1) is 20.8 Å². The summed E-state index contributed by atoms with van der Waals surface area (Å²) in [5, 5.41) is 3.22. The zero-order valence-electron chi connectivity index (χ0n) is 19.4. The zero-order chi connectivity index (χ0) is 23.5. The molecule has 1 aliphatic rings. The van der Waals surface area contributed by atoms with Crippen LogP contribution in [0.15, 0.2) is 72.4 Å². The highest BCUT2D eigenvalue weighted by Gasteiger charge is 2.40. The molecule has 0 aromatic heterocycles. The number of anilines is 2. The van der Waals surface area contributed by atoms with Gasteiger partial charge in [-0.15, -0.1) is 0 Å². The first kappa shape index (κ1) is 22.3. The smallest absolute Gasteiger partial charge is 0.282 e. The van der Waals surface area contributed by atoms with E-state index in [0.29, 0.717) is 29.2 Å². The Bertz CT molecular complexity index is 1240. The van der Waals surface area contributed by atoms with Crippen molar-refractivity contribution in [2.75, 3.05) is 16.8 Å². The van der Waals surface area contributed by atoms with Gasteiger partial charge in [0.05, 0.1) is 17.9 Å². The number of carbonyl (C=O) groups is 2. The predicted molar refractivity (Wildman–Crippen MR) is 132 cm³/mol. The fourth-order valence-corrected chi connectivity index (χ4v) is 3.76. The van der Waals surface area contributed by atoms with Gasteiger partial charge in [0.2, 0.25) is 0 Å². The predicted octanol–water partition coefficient (Wildman–Crippen LogP) is 5.80. The molecule has 5 heteroatoms. The fourth-order valence-electron chi connectivity index (χ4n) is 3.76. The molecule has 1 heterocycles. The number of nitrogens with zero attached hydrogens (tertiary/aromatic N) is 1. The average molecular weight is 441 g/mol. The lowest BCUT2D eigenvalue weighted by Crippen LogP contribution is -2.32. The minimum atomic E-state index is -0.388. The highest BCUT2D eigenvalue weighted by molar-refractivity contribution is 6.46. The van der Waals surface area contributed by atoms with E-state index in [2.05, 4.69) is 5.32 Å². The molecule has 0 radical (unpaired) electrons. The number of rotatable bonds is 7. The third-order valence-electron chi connectivity index (χ3n) is 5.75. The van der Waals surface area contributed by atoms with E-state index >= 15 is 0 Å². The number of nitrogens with one attached hydrogen (secondary N) is 1. The van der Waals surface area contributed by atoms with E-state index in [0.717, 1.165) is 28.8 Å². The maximum absolute atomic E-state index is 13.7. The van der Waals surface area contributed by atoms with Gasteiger partial charge in [-0.25, -0.2) is 4.90 Å². The van der Waals surface area contributed by atoms with E-state index < -0.39 is 0 Å². The second kappa shape index (κ2) is 9.33. The molecule has 0 bridgehead atoms. The van der Waals surface area contributed by atoms with Gasteiger partial charge in [0.15, 0.2) is 0 Å². The highest BCUT2D eigenvalue weighted by Crippen LogP contribution is 2.35. The molecule has 0 unspecified atom stereocenters. The second-order valence-corrected chi connectivity index (χ2v) is 8.33. The largest absolute Gasteiger partial charge is 0.494 e. The van der Waals surface area contributed by atoms with E-state index in [1.165, 1.54) is 4.90 Å². The van der Waals surface area contributed by atoms with Crippen molar-refractivity contribution in [3.05, 3.63) is 94.7 Å². The molecule has 0 fully saturated rings. The maximum Gasteiger partial charge on any atom is 0.282 e. The number of benzene rings is 3. The Morgan fingerprint density at radius 1 is 0.848 bits per heavy atom. The van der Waals surface area contributed by atoms with Crippen molar-refractivity contribution in [1.29, 1.82) is 0 Å². The van der Waals surface area contributed by atoms with Crippen LogP contribution in [-0.4, -0.2) is 18.4 Å². The molecule has 1 N–H and O–H groups in total. The molecule has 33 heavy (non-hydrogen) atoms. The number of ether oxygens (including phenoxy) is 1. The molecule has 3 aromatic rings. The third-order valence-corrected chi connectivity index (χ3v) is 5.75. The zero-order valence-corrected chi connectivity index (χ0v) is 19.4. The first-order valence-electron chi connectivity index (χ1n) is 11.2. The van der Waals surface area contributed by atoms with Gasteiger partial charge >= 0.3 is 0 Å². The van der Waals surface area contributed by atoms with Crippen LogP contribution in [0.3, 0.4) is 0 Å². The van der Waals surface area contributed by atoms with E-state index in [1.807, 2.05) is 76.2 Å². The standard InChI is InChI=1S/C28H28N2O3/c1-5-15-33-24-8-6-7-23(17-24)30-27(31)25(21-12-11-19(3)20(4)16-21)26(28(30)32)29-22-13-9-18(2)10-14-22/h6-14,16-17,29H,5,15H2,1-4H3. The Hall–Kier alpha value is -3.86. The summed E-state index contributed by atoms with van der Waals surface area (Å²) in [4.78, 5) is 28.5. The van der Waals surface area contributed by atoms with Gasteiger partial charge in [-0.2, -0.15) is 0 Å². The van der Waals surface area contributed by atoms with E-state index in [4.69, 9.17) is 4.74 Å². The minimum absolute atomic E-state index is 0.270. The summed E-state index contributed by atoms with van der Waals surface area (Å²) in [6.07, 6.45) is 0.870. The summed E-state index contributed by atoms with van der Waals surface area (Å²) in [7, 11) is 0.